The van der Waals surface area contributed by atoms with E-state index in [0.717, 1.165) is 22.8 Å². The number of halogens is 2. The van der Waals surface area contributed by atoms with Gasteiger partial charge < -0.3 is 24.8 Å². The molecule has 9 heteroatoms. The van der Waals surface area contributed by atoms with Gasteiger partial charge in [-0.3, -0.25) is 0 Å². The van der Waals surface area contributed by atoms with Crippen molar-refractivity contribution in [1.82, 2.24) is 21.1 Å². The van der Waals surface area contributed by atoms with Crippen LogP contribution in [0.25, 0.3) is 11.4 Å². The van der Waals surface area contributed by atoms with Gasteiger partial charge in [0.2, 0.25) is 11.7 Å². The molecule has 0 atom stereocenters. The average molecular weight is 816 g/mol. The molecule has 0 bridgehead atoms. The molecule has 2 aliphatic heterocycles. The number of benzene rings is 4. The normalized spacial score (nSPS) is 12.9. The van der Waals surface area contributed by atoms with E-state index in [9.17, 15) is 0 Å². The molecule has 4 aromatic carbocycles. The van der Waals surface area contributed by atoms with Gasteiger partial charge in [-0.2, -0.15) is 10.0 Å². The number of rotatable bonds is 4. The van der Waals surface area contributed by atoms with Gasteiger partial charge in [0.15, 0.2) is 11.4 Å². The van der Waals surface area contributed by atoms with Crippen LogP contribution in [0.3, 0.4) is 0 Å². The summed E-state index contributed by atoms with van der Waals surface area (Å²) in [5.41, 5.74) is 31.1. The van der Waals surface area contributed by atoms with Crippen LogP contribution in [-0.2, 0) is 20.4 Å². The molecule has 0 fully saturated rings. The number of hydrogen-bond acceptors (Lipinski definition) is 2. The Kier molecular flexibility index (Phi) is 14.6. The van der Waals surface area contributed by atoms with E-state index >= 15 is 0 Å². The Hall–Kier alpha value is -3.78. The smallest absolute Gasteiger partial charge is 1.00 e. The van der Waals surface area contributed by atoms with Gasteiger partial charge >= 0.3 is 20.4 Å². The summed E-state index contributed by atoms with van der Waals surface area (Å²) in [5.74, 6) is 6.97. The SMILES string of the molecule is Cc1cc(C)c(C2=C=[N+](c3c(C)cc(C)cc3C)[N]N2C)c(C)c1.Cc1cc(C)c(C2=C=[N+](c3c(C)cc(C)cc3C)[N]N2C)c(C)c1.[Cl-].[Cl-].[Pd+2]. The third-order valence-corrected chi connectivity index (χ3v) is 9.04. The predicted molar refractivity (Wildman–Crippen MR) is 199 cm³/mol. The first-order chi connectivity index (χ1) is 22.5. The molecule has 6 rings (SSSR count). The van der Waals surface area contributed by atoms with Crippen LogP contribution in [-0.4, -0.2) is 45.2 Å². The molecule has 0 saturated heterocycles. The Morgan fingerprint density at radius 1 is 0.412 bits per heavy atom. The van der Waals surface area contributed by atoms with Crippen molar-refractivity contribution >= 4 is 34.5 Å². The van der Waals surface area contributed by atoms with Crippen LogP contribution in [0.2, 0.25) is 0 Å². The maximum absolute atomic E-state index is 4.69. The number of nitrogens with zero attached hydrogens (tertiary/aromatic N) is 6. The van der Waals surface area contributed by atoms with E-state index in [4.69, 9.17) is 11.1 Å². The van der Waals surface area contributed by atoms with Gasteiger partial charge in [0.25, 0.3) is 11.4 Å². The fourth-order valence-corrected chi connectivity index (χ4v) is 7.50. The Morgan fingerprint density at radius 2 is 0.627 bits per heavy atom. The molecule has 0 aromatic heterocycles. The quantitative estimate of drug-likeness (QED) is 0.235. The number of aryl methyl sites for hydroxylation is 12. The van der Waals surface area contributed by atoms with Crippen molar-refractivity contribution in [3.05, 3.63) is 126 Å². The molecule has 2 aliphatic rings. The monoisotopic (exact) mass is 814 g/mol. The van der Waals surface area contributed by atoms with Gasteiger partial charge in [0, 0.05) is 56.8 Å². The summed E-state index contributed by atoms with van der Waals surface area (Å²) >= 11 is 0. The minimum atomic E-state index is 0. The van der Waals surface area contributed by atoms with E-state index in [-0.39, 0.29) is 45.2 Å². The summed E-state index contributed by atoms with van der Waals surface area (Å²) in [6, 6.07) is 17.6. The van der Waals surface area contributed by atoms with Crippen LogP contribution in [0, 0.1) is 83.1 Å². The van der Waals surface area contributed by atoms with Crippen LogP contribution in [0.4, 0.5) is 11.4 Å². The minimum absolute atomic E-state index is 0. The summed E-state index contributed by atoms with van der Waals surface area (Å²) < 4.78 is 3.77. The number of hydrogen-bond donors (Lipinski definition) is 0. The minimum Gasteiger partial charge on any atom is -1.00 e. The van der Waals surface area contributed by atoms with Crippen molar-refractivity contribution in [2.75, 3.05) is 14.1 Å². The van der Waals surface area contributed by atoms with E-state index < -0.39 is 0 Å². The molecule has 0 aliphatic carbocycles. The summed E-state index contributed by atoms with van der Waals surface area (Å²) in [6.07, 6.45) is 0. The maximum Gasteiger partial charge on any atom is 2.00 e. The predicted octanol–water partition coefficient (Wildman–Crippen LogP) is 2.55. The van der Waals surface area contributed by atoms with Crippen molar-refractivity contribution in [3.8, 4) is 0 Å². The van der Waals surface area contributed by atoms with Gasteiger partial charge in [-0.15, -0.1) is 0 Å². The molecule has 0 N–H and O–H groups in total. The van der Waals surface area contributed by atoms with Gasteiger partial charge in [0.05, 0.1) is 0 Å². The molecule has 2 radical (unpaired) electrons. The molecule has 0 saturated carbocycles. The Morgan fingerprint density at radius 3 is 0.863 bits per heavy atom. The van der Waals surface area contributed by atoms with Gasteiger partial charge in [-0.05, 0) is 130 Å². The molecule has 2 heterocycles. The van der Waals surface area contributed by atoms with Crippen molar-refractivity contribution in [1.29, 1.82) is 0 Å². The van der Waals surface area contributed by atoms with E-state index in [1.54, 1.807) is 0 Å². The van der Waals surface area contributed by atoms with E-state index in [2.05, 4.69) is 143 Å². The topological polar surface area (TPSA) is 40.7 Å². The molecule has 0 amide bonds. The summed E-state index contributed by atoms with van der Waals surface area (Å²) in [5, 5.41) is 3.84. The van der Waals surface area contributed by atoms with E-state index in [1.807, 2.05) is 33.5 Å². The van der Waals surface area contributed by atoms with Crippen molar-refractivity contribution < 1.29 is 54.6 Å². The van der Waals surface area contributed by atoms with Crippen LogP contribution < -0.4 is 35.9 Å². The zero-order chi connectivity index (χ0) is 35.2. The first kappa shape index (κ1) is 43.4. The van der Waals surface area contributed by atoms with Gasteiger partial charge in [0.1, 0.15) is 11.1 Å². The molecule has 4 aromatic rings. The second-order valence-electron chi connectivity index (χ2n) is 13.8. The van der Waals surface area contributed by atoms with Crippen LogP contribution in [0.5, 0.6) is 0 Å². The fourth-order valence-electron chi connectivity index (χ4n) is 7.50. The Bertz CT molecular complexity index is 1880. The Labute approximate surface area is 332 Å². The summed E-state index contributed by atoms with van der Waals surface area (Å²) in [6.45, 7) is 25.7. The maximum atomic E-state index is 4.69. The third-order valence-electron chi connectivity index (χ3n) is 9.04. The molecular weight excluding hydrogens is 766 g/mol. The average Bonchev–Trinajstić information content (AvgIpc) is 3.49. The summed E-state index contributed by atoms with van der Waals surface area (Å²) in [4.78, 5) is 0. The Balaban J connectivity index is 0.000000334. The second kappa shape index (κ2) is 17.2. The van der Waals surface area contributed by atoms with Crippen molar-refractivity contribution in [2.24, 2.45) is 0 Å². The van der Waals surface area contributed by atoms with Gasteiger partial charge in [-0.25, -0.2) is 0 Å². The first-order valence-electron chi connectivity index (χ1n) is 16.7. The van der Waals surface area contributed by atoms with Crippen LogP contribution >= 0.6 is 0 Å². The second-order valence-corrected chi connectivity index (χ2v) is 13.8. The van der Waals surface area contributed by atoms with Crippen LogP contribution in [0.15, 0.2) is 48.5 Å². The third kappa shape index (κ3) is 9.00. The molecule has 6 nitrogen and oxygen atoms in total. The molecule has 0 unspecified atom stereocenters. The molecule has 51 heavy (non-hydrogen) atoms. The van der Waals surface area contributed by atoms with Crippen molar-refractivity contribution in [2.45, 2.75) is 83.1 Å². The van der Waals surface area contributed by atoms with Crippen LogP contribution in [0.1, 0.15) is 77.9 Å². The zero-order valence-electron chi connectivity index (χ0n) is 32.4. The molecule has 0 spiro atoms. The summed E-state index contributed by atoms with van der Waals surface area (Å²) in [7, 11) is 3.97. The molecular formula is C42H50Cl2N6Pd+2. The van der Waals surface area contributed by atoms with Crippen molar-refractivity contribution in [3.63, 3.8) is 0 Å². The molecule has 270 valence electrons. The first-order valence-corrected chi connectivity index (χ1v) is 16.7. The van der Waals surface area contributed by atoms with Gasteiger partial charge in [-0.1, -0.05) is 46.5 Å². The van der Waals surface area contributed by atoms with E-state index in [0.29, 0.717) is 0 Å². The van der Waals surface area contributed by atoms with E-state index in [1.165, 1.54) is 77.9 Å². The fraction of sp³-hybridized carbons (Fsp3) is 0.333. The largest absolute Gasteiger partial charge is 2.00 e. The standard InChI is InChI=1S/2C21H25N3.2ClH.Pd/c2*1-13-8-15(3)20(16(4)9-13)19-12-24(22-23(19)7)21-17(5)10-14(2)11-18(21)6;;;/h2*8-11H,1-7H3;2*1H;/q2*+1;;;+2/p-2. The zero-order valence-corrected chi connectivity index (χ0v) is 35.4.